The number of hydrogen-bond donors (Lipinski definition) is 1. The Bertz CT molecular complexity index is 598. The molecule has 1 atom stereocenters. The summed E-state index contributed by atoms with van der Waals surface area (Å²) in [4.78, 5) is 4.64. The number of fused-ring (bicyclic) bond motifs is 1. The highest BCUT2D eigenvalue weighted by Gasteiger charge is 2.22. The Morgan fingerprint density at radius 2 is 2.16 bits per heavy atom. The lowest BCUT2D eigenvalue weighted by Gasteiger charge is -2.26. The first-order valence-corrected chi connectivity index (χ1v) is 7.08. The lowest BCUT2D eigenvalue weighted by atomic mass is 9.98. The highest BCUT2D eigenvalue weighted by molar-refractivity contribution is 5.38. The van der Waals surface area contributed by atoms with Gasteiger partial charge in [0, 0.05) is 12.7 Å². The molecule has 19 heavy (non-hydrogen) atoms. The first-order valence-electron chi connectivity index (χ1n) is 7.08. The van der Waals surface area contributed by atoms with Crippen molar-refractivity contribution >= 4 is 5.95 Å². The van der Waals surface area contributed by atoms with E-state index < -0.39 is 0 Å². The van der Waals surface area contributed by atoms with Gasteiger partial charge in [-0.2, -0.15) is 0 Å². The zero-order valence-corrected chi connectivity index (χ0v) is 11.9. The molecule has 3 rings (SSSR count). The number of anilines is 1. The second-order valence-electron chi connectivity index (χ2n) is 5.39. The summed E-state index contributed by atoms with van der Waals surface area (Å²) in [6.07, 6.45) is 4.30. The molecule has 0 saturated heterocycles. The van der Waals surface area contributed by atoms with Gasteiger partial charge in [0.05, 0.1) is 11.7 Å². The molecule has 3 heteroatoms. The van der Waals surface area contributed by atoms with Gasteiger partial charge in [-0.1, -0.05) is 25.1 Å². The lowest BCUT2D eigenvalue weighted by Crippen LogP contribution is -2.23. The van der Waals surface area contributed by atoms with Crippen LogP contribution in [0.3, 0.4) is 0 Å². The van der Waals surface area contributed by atoms with Crippen LogP contribution in [0.1, 0.15) is 41.8 Å². The molecule has 1 aromatic heterocycles. The average molecular weight is 255 g/mol. The second-order valence-corrected chi connectivity index (χ2v) is 5.39. The summed E-state index contributed by atoms with van der Waals surface area (Å²) in [5.41, 5.74) is 5.29. The molecular formula is C16H21N3. The minimum atomic E-state index is 0.420. The Morgan fingerprint density at radius 1 is 1.32 bits per heavy atom. The van der Waals surface area contributed by atoms with E-state index in [0.717, 1.165) is 25.3 Å². The summed E-state index contributed by atoms with van der Waals surface area (Å²) in [5.74, 6) is 1.02. The number of hydrogen-bond acceptors (Lipinski definition) is 2. The highest BCUT2D eigenvalue weighted by atomic mass is 15.2. The summed E-state index contributed by atoms with van der Waals surface area (Å²) >= 11 is 0. The molecule has 0 aliphatic carbocycles. The Hall–Kier alpha value is -1.77. The smallest absolute Gasteiger partial charge is 0.203 e. The van der Waals surface area contributed by atoms with Gasteiger partial charge < -0.3 is 9.88 Å². The predicted octanol–water partition coefficient (Wildman–Crippen LogP) is 3.47. The summed E-state index contributed by atoms with van der Waals surface area (Å²) in [5, 5.41) is 3.39. The molecule has 1 unspecified atom stereocenters. The van der Waals surface area contributed by atoms with Gasteiger partial charge >= 0.3 is 0 Å². The fraction of sp³-hybridized carbons (Fsp3) is 0.438. The van der Waals surface area contributed by atoms with Crippen LogP contribution in [0.4, 0.5) is 5.95 Å². The molecule has 2 heterocycles. The largest absolute Gasteiger partial charge is 0.356 e. The van der Waals surface area contributed by atoms with E-state index in [4.69, 9.17) is 0 Å². The monoisotopic (exact) mass is 255 g/mol. The molecular weight excluding hydrogens is 234 g/mol. The van der Waals surface area contributed by atoms with Gasteiger partial charge in [-0.05, 0) is 43.4 Å². The number of aryl methyl sites for hydroxylation is 3. The van der Waals surface area contributed by atoms with E-state index in [1.807, 2.05) is 0 Å². The van der Waals surface area contributed by atoms with Crippen LogP contribution in [0, 0.1) is 13.8 Å². The van der Waals surface area contributed by atoms with E-state index in [1.165, 1.54) is 22.4 Å². The average Bonchev–Trinajstić information content (AvgIpc) is 2.85. The molecule has 1 N–H and O–H groups in total. The summed E-state index contributed by atoms with van der Waals surface area (Å²) < 4.78 is 2.30. The van der Waals surface area contributed by atoms with Crippen LogP contribution in [0.25, 0.3) is 0 Å². The Kier molecular flexibility index (Phi) is 3.05. The number of benzene rings is 1. The molecule has 100 valence electrons. The van der Waals surface area contributed by atoms with Crippen molar-refractivity contribution in [3.05, 3.63) is 46.8 Å². The summed E-state index contributed by atoms with van der Waals surface area (Å²) in [6, 6.07) is 7.22. The maximum atomic E-state index is 4.64. The summed E-state index contributed by atoms with van der Waals surface area (Å²) in [7, 11) is 0. The van der Waals surface area contributed by atoms with E-state index in [1.54, 1.807) is 0 Å². The van der Waals surface area contributed by atoms with Gasteiger partial charge in [-0.25, -0.2) is 4.98 Å². The number of nitrogens with zero attached hydrogens (tertiary/aromatic N) is 2. The minimum absolute atomic E-state index is 0.420. The number of nitrogens with one attached hydrogen (secondary N) is 1. The minimum Gasteiger partial charge on any atom is -0.356 e. The fourth-order valence-corrected chi connectivity index (χ4v) is 2.74. The Balaban J connectivity index is 2.02. The van der Waals surface area contributed by atoms with E-state index in [9.17, 15) is 0 Å². The molecule has 0 fully saturated rings. The highest BCUT2D eigenvalue weighted by Crippen LogP contribution is 2.30. The van der Waals surface area contributed by atoms with Gasteiger partial charge in [0.2, 0.25) is 5.95 Å². The number of rotatable bonds is 2. The van der Waals surface area contributed by atoms with Crippen LogP contribution in [0.5, 0.6) is 0 Å². The normalized spacial score (nSPS) is 17.9. The van der Waals surface area contributed by atoms with Gasteiger partial charge in [-0.3, -0.25) is 0 Å². The van der Waals surface area contributed by atoms with Crippen molar-refractivity contribution in [1.82, 2.24) is 9.55 Å². The van der Waals surface area contributed by atoms with Crippen LogP contribution in [0.2, 0.25) is 0 Å². The number of imidazole rings is 1. The van der Waals surface area contributed by atoms with Crippen LogP contribution >= 0.6 is 0 Å². The van der Waals surface area contributed by atoms with Crippen LogP contribution in [-0.4, -0.2) is 16.1 Å². The molecule has 0 saturated carbocycles. The standard InChI is InChI=1S/C16H21N3/c1-4-14-10-19-15(7-8-17-16(19)18-14)13-6-5-11(2)12(3)9-13/h5-6,9-10,15H,4,7-8H2,1-3H3,(H,17,18). The quantitative estimate of drug-likeness (QED) is 0.890. The maximum absolute atomic E-state index is 4.64. The third-order valence-corrected chi connectivity index (χ3v) is 4.10. The van der Waals surface area contributed by atoms with E-state index in [2.05, 4.69) is 60.0 Å². The predicted molar refractivity (Wildman–Crippen MR) is 78.8 cm³/mol. The third kappa shape index (κ3) is 2.14. The van der Waals surface area contributed by atoms with Crippen LogP contribution < -0.4 is 5.32 Å². The molecule has 1 aliphatic rings. The van der Waals surface area contributed by atoms with Gasteiger partial charge in [0.1, 0.15) is 0 Å². The fourth-order valence-electron chi connectivity index (χ4n) is 2.74. The first kappa shape index (κ1) is 12.3. The molecule has 3 nitrogen and oxygen atoms in total. The van der Waals surface area contributed by atoms with Gasteiger partial charge in [-0.15, -0.1) is 0 Å². The lowest BCUT2D eigenvalue weighted by molar-refractivity contribution is 0.530. The molecule has 1 aromatic carbocycles. The van der Waals surface area contributed by atoms with Crippen molar-refractivity contribution in [2.24, 2.45) is 0 Å². The van der Waals surface area contributed by atoms with Crippen LogP contribution in [0.15, 0.2) is 24.4 Å². The maximum Gasteiger partial charge on any atom is 0.203 e. The summed E-state index contributed by atoms with van der Waals surface area (Å²) in [6.45, 7) is 7.50. The molecule has 0 amide bonds. The third-order valence-electron chi connectivity index (χ3n) is 4.10. The molecule has 0 spiro atoms. The van der Waals surface area contributed by atoms with Gasteiger partial charge in [0.15, 0.2) is 0 Å². The Labute approximate surface area is 114 Å². The zero-order chi connectivity index (χ0) is 13.4. The van der Waals surface area contributed by atoms with E-state index in [0.29, 0.717) is 6.04 Å². The van der Waals surface area contributed by atoms with E-state index >= 15 is 0 Å². The van der Waals surface area contributed by atoms with Crippen molar-refractivity contribution in [2.45, 2.75) is 39.7 Å². The zero-order valence-electron chi connectivity index (χ0n) is 11.9. The molecule has 2 aromatic rings. The molecule has 0 radical (unpaired) electrons. The van der Waals surface area contributed by atoms with Crippen molar-refractivity contribution < 1.29 is 0 Å². The molecule has 1 aliphatic heterocycles. The van der Waals surface area contributed by atoms with Crippen molar-refractivity contribution in [2.75, 3.05) is 11.9 Å². The first-order chi connectivity index (χ1) is 9.19. The molecule has 0 bridgehead atoms. The van der Waals surface area contributed by atoms with E-state index in [-0.39, 0.29) is 0 Å². The topological polar surface area (TPSA) is 29.9 Å². The van der Waals surface area contributed by atoms with Crippen LogP contribution in [-0.2, 0) is 6.42 Å². The van der Waals surface area contributed by atoms with Crippen molar-refractivity contribution in [3.63, 3.8) is 0 Å². The Morgan fingerprint density at radius 3 is 2.89 bits per heavy atom. The number of aromatic nitrogens is 2. The van der Waals surface area contributed by atoms with Crippen molar-refractivity contribution in [3.8, 4) is 0 Å². The second kappa shape index (κ2) is 4.72. The van der Waals surface area contributed by atoms with Gasteiger partial charge in [0.25, 0.3) is 0 Å². The van der Waals surface area contributed by atoms with Crippen molar-refractivity contribution in [1.29, 1.82) is 0 Å². The SMILES string of the molecule is CCc1cn2c(n1)NCCC2c1ccc(C)c(C)c1.